The van der Waals surface area contributed by atoms with Crippen LogP contribution in [0, 0.1) is 0 Å². The van der Waals surface area contributed by atoms with Crippen molar-refractivity contribution in [2.24, 2.45) is 0 Å². The molecule has 3 heteroatoms. The summed E-state index contributed by atoms with van der Waals surface area (Å²) < 4.78 is 5.88. The van der Waals surface area contributed by atoms with Crippen LogP contribution in [0.1, 0.15) is 63.0 Å². The topological polar surface area (TPSA) is 26.3 Å². The van der Waals surface area contributed by atoms with Gasteiger partial charge in [0.05, 0.1) is 12.7 Å². The van der Waals surface area contributed by atoms with E-state index in [1.807, 2.05) is 18.2 Å². The van der Waals surface area contributed by atoms with Crippen LogP contribution in [0.5, 0.6) is 0 Å². The van der Waals surface area contributed by atoms with Gasteiger partial charge in [0.2, 0.25) is 0 Å². The molecule has 0 aliphatic carbocycles. The molecule has 0 aromatic heterocycles. The van der Waals surface area contributed by atoms with Crippen molar-refractivity contribution < 1.29 is 9.53 Å². The summed E-state index contributed by atoms with van der Waals surface area (Å²) in [7, 11) is 1.42. The number of methoxy groups -OCH3 is 1. The summed E-state index contributed by atoms with van der Waals surface area (Å²) in [4.78, 5) is 12.3. The molecule has 2 rings (SSSR count). The minimum atomic E-state index is -0.324. The molecule has 0 aliphatic rings. The number of carbonyl (C=O) groups excluding carboxylic acids is 1. The number of carbonyl (C=O) groups is 1. The van der Waals surface area contributed by atoms with Crippen molar-refractivity contribution in [1.29, 1.82) is 0 Å². The zero-order valence-corrected chi connectivity index (χ0v) is 17.7. The molecule has 0 radical (unpaired) electrons. The molecule has 0 heterocycles. The summed E-state index contributed by atoms with van der Waals surface area (Å²) in [6.07, 6.45) is 0. The highest BCUT2D eigenvalue weighted by Gasteiger charge is 2.23. The maximum atomic E-state index is 12.3. The number of ether oxygens (including phenoxy) is 1. The number of esters is 1. The highest BCUT2D eigenvalue weighted by molar-refractivity contribution is 9.10. The number of benzene rings is 2. The Hall–Kier alpha value is -1.61. The van der Waals surface area contributed by atoms with Gasteiger partial charge in [-0.3, -0.25) is 0 Å². The standard InChI is InChI=1S/C22H27BrO2/c1-21(2,3)15-11-14(12-16(13-15)22(4,5)6)19-17(20(24)25-7)9-8-10-18(19)23/h8-13H,1-7H3. The molecule has 0 unspecified atom stereocenters. The van der Waals surface area contributed by atoms with Crippen molar-refractivity contribution in [3.8, 4) is 11.1 Å². The van der Waals surface area contributed by atoms with Crippen LogP contribution in [0.3, 0.4) is 0 Å². The Labute approximate surface area is 159 Å². The van der Waals surface area contributed by atoms with Crippen LogP contribution in [0.25, 0.3) is 11.1 Å². The fourth-order valence-corrected chi connectivity index (χ4v) is 3.33. The fraction of sp³-hybridized carbons (Fsp3) is 0.409. The zero-order valence-electron chi connectivity index (χ0n) is 16.2. The van der Waals surface area contributed by atoms with Gasteiger partial charge in [-0.1, -0.05) is 81.7 Å². The summed E-state index contributed by atoms with van der Waals surface area (Å²) in [5.74, 6) is -0.324. The second-order valence-electron chi connectivity index (χ2n) is 8.45. The molecule has 2 aromatic carbocycles. The van der Waals surface area contributed by atoms with E-state index in [1.54, 1.807) is 0 Å². The second kappa shape index (κ2) is 6.95. The van der Waals surface area contributed by atoms with Gasteiger partial charge in [0, 0.05) is 10.0 Å². The first-order valence-corrected chi connectivity index (χ1v) is 9.27. The maximum absolute atomic E-state index is 12.3. The lowest BCUT2D eigenvalue weighted by atomic mass is 9.78. The SMILES string of the molecule is COC(=O)c1cccc(Br)c1-c1cc(C(C)(C)C)cc(C(C)(C)C)c1. The third kappa shape index (κ3) is 4.33. The van der Waals surface area contributed by atoms with Crippen molar-refractivity contribution in [1.82, 2.24) is 0 Å². The van der Waals surface area contributed by atoms with E-state index in [-0.39, 0.29) is 16.8 Å². The van der Waals surface area contributed by atoms with Gasteiger partial charge < -0.3 is 4.74 Å². The maximum Gasteiger partial charge on any atom is 0.338 e. The molecular weight excluding hydrogens is 376 g/mol. The van der Waals surface area contributed by atoms with Crippen molar-refractivity contribution in [3.63, 3.8) is 0 Å². The fourth-order valence-electron chi connectivity index (χ4n) is 2.74. The van der Waals surface area contributed by atoms with Gasteiger partial charge in [0.1, 0.15) is 0 Å². The van der Waals surface area contributed by atoms with Gasteiger partial charge in [0.25, 0.3) is 0 Å². The molecule has 0 saturated carbocycles. The van der Waals surface area contributed by atoms with E-state index in [2.05, 4.69) is 75.7 Å². The van der Waals surface area contributed by atoms with Gasteiger partial charge in [-0.25, -0.2) is 4.79 Å². The molecular formula is C22H27BrO2. The largest absolute Gasteiger partial charge is 0.465 e. The van der Waals surface area contributed by atoms with Gasteiger partial charge in [0.15, 0.2) is 0 Å². The molecule has 25 heavy (non-hydrogen) atoms. The van der Waals surface area contributed by atoms with Gasteiger partial charge in [-0.15, -0.1) is 0 Å². The zero-order chi connectivity index (χ0) is 19.0. The summed E-state index contributed by atoms with van der Waals surface area (Å²) >= 11 is 3.62. The summed E-state index contributed by atoms with van der Waals surface area (Å²) in [5, 5.41) is 0. The lowest BCUT2D eigenvalue weighted by Crippen LogP contribution is -2.17. The quantitative estimate of drug-likeness (QED) is 0.535. The molecule has 0 saturated heterocycles. The van der Waals surface area contributed by atoms with E-state index < -0.39 is 0 Å². The van der Waals surface area contributed by atoms with Gasteiger partial charge in [-0.05, 0) is 39.7 Å². The lowest BCUT2D eigenvalue weighted by Gasteiger charge is -2.27. The molecule has 0 atom stereocenters. The minimum Gasteiger partial charge on any atom is -0.465 e. The molecule has 0 N–H and O–H groups in total. The van der Waals surface area contributed by atoms with Crippen molar-refractivity contribution in [3.05, 3.63) is 57.6 Å². The number of hydrogen-bond acceptors (Lipinski definition) is 2. The molecule has 134 valence electrons. The summed E-state index contributed by atoms with van der Waals surface area (Å²) in [6, 6.07) is 12.3. The number of halogens is 1. The molecule has 0 bridgehead atoms. The van der Waals surface area contributed by atoms with E-state index >= 15 is 0 Å². The van der Waals surface area contributed by atoms with Crippen LogP contribution in [0.4, 0.5) is 0 Å². The first-order valence-electron chi connectivity index (χ1n) is 8.48. The first-order chi connectivity index (χ1) is 11.4. The van der Waals surface area contributed by atoms with Crippen molar-refractivity contribution >= 4 is 21.9 Å². The van der Waals surface area contributed by atoms with Gasteiger partial charge >= 0.3 is 5.97 Å². The molecule has 2 nitrogen and oxygen atoms in total. The predicted molar refractivity (Wildman–Crippen MR) is 108 cm³/mol. The van der Waals surface area contributed by atoms with Crippen LogP contribution in [-0.4, -0.2) is 13.1 Å². The Morgan fingerprint density at radius 1 is 0.920 bits per heavy atom. The normalized spacial score (nSPS) is 12.2. The molecule has 2 aromatic rings. The Bertz CT molecular complexity index is 760. The summed E-state index contributed by atoms with van der Waals surface area (Å²) in [5.41, 5.74) is 5.02. The van der Waals surface area contributed by atoms with Crippen molar-refractivity contribution in [2.75, 3.05) is 7.11 Å². The third-order valence-electron chi connectivity index (χ3n) is 4.37. The Balaban J connectivity index is 2.82. The third-order valence-corrected chi connectivity index (χ3v) is 5.03. The Morgan fingerprint density at radius 2 is 1.44 bits per heavy atom. The molecule has 0 aliphatic heterocycles. The highest BCUT2D eigenvalue weighted by atomic mass is 79.9. The predicted octanol–water partition coefficient (Wildman–Crippen LogP) is 6.50. The lowest BCUT2D eigenvalue weighted by molar-refractivity contribution is 0.0601. The van der Waals surface area contributed by atoms with E-state index in [4.69, 9.17) is 4.74 Å². The average Bonchev–Trinajstić information content (AvgIpc) is 2.51. The Morgan fingerprint density at radius 3 is 1.88 bits per heavy atom. The molecule has 0 amide bonds. The first kappa shape index (κ1) is 19.7. The minimum absolute atomic E-state index is 0.0166. The van der Waals surface area contributed by atoms with E-state index in [0.717, 1.165) is 15.6 Å². The monoisotopic (exact) mass is 402 g/mol. The highest BCUT2D eigenvalue weighted by Crippen LogP contribution is 2.38. The van der Waals surface area contributed by atoms with Crippen LogP contribution in [-0.2, 0) is 15.6 Å². The van der Waals surface area contributed by atoms with E-state index in [9.17, 15) is 4.79 Å². The molecule has 0 spiro atoms. The summed E-state index contributed by atoms with van der Waals surface area (Å²) in [6.45, 7) is 13.2. The van der Waals surface area contributed by atoms with Crippen LogP contribution in [0.15, 0.2) is 40.9 Å². The smallest absolute Gasteiger partial charge is 0.338 e. The van der Waals surface area contributed by atoms with Crippen LogP contribution < -0.4 is 0 Å². The van der Waals surface area contributed by atoms with Crippen LogP contribution in [0.2, 0.25) is 0 Å². The Kier molecular flexibility index (Phi) is 5.48. The number of hydrogen-bond donors (Lipinski definition) is 0. The van der Waals surface area contributed by atoms with E-state index in [0.29, 0.717) is 5.56 Å². The van der Waals surface area contributed by atoms with E-state index in [1.165, 1.54) is 18.2 Å². The van der Waals surface area contributed by atoms with Gasteiger partial charge in [-0.2, -0.15) is 0 Å². The number of rotatable bonds is 2. The molecule has 0 fully saturated rings. The average molecular weight is 403 g/mol. The van der Waals surface area contributed by atoms with Crippen LogP contribution >= 0.6 is 15.9 Å². The van der Waals surface area contributed by atoms with Crippen molar-refractivity contribution in [2.45, 2.75) is 52.4 Å². The second-order valence-corrected chi connectivity index (χ2v) is 9.31.